The lowest BCUT2D eigenvalue weighted by molar-refractivity contribution is -0.145. The van der Waals surface area contributed by atoms with Crippen LogP contribution in [0.4, 0.5) is 5.69 Å². The average molecular weight is 391 g/mol. The minimum atomic E-state index is -0.497. The van der Waals surface area contributed by atoms with Crippen LogP contribution in [-0.2, 0) is 19.1 Å². The van der Waals surface area contributed by atoms with Gasteiger partial charge in [0.25, 0.3) is 0 Å². The summed E-state index contributed by atoms with van der Waals surface area (Å²) < 4.78 is 10.3. The molecule has 1 aromatic carbocycles. The third-order valence-electron chi connectivity index (χ3n) is 3.87. The number of benzene rings is 1. The summed E-state index contributed by atoms with van der Waals surface area (Å²) >= 11 is 0. The highest BCUT2D eigenvalue weighted by molar-refractivity contribution is 6.01. The van der Waals surface area contributed by atoms with Gasteiger partial charge in [-0.3, -0.25) is 14.4 Å². The Hall–Kier alpha value is -2.90. The Balaban J connectivity index is 2.44. The van der Waals surface area contributed by atoms with E-state index >= 15 is 0 Å². The van der Waals surface area contributed by atoms with E-state index in [4.69, 9.17) is 9.47 Å². The number of ether oxygens (including phenoxy) is 2. The molecule has 0 bridgehead atoms. The number of hydrogen-bond acceptors (Lipinski definition) is 6. The maximum Gasteiger partial charge on any atom is 0.314 e. The van der Waals surface area contributed by atoms with Gasteiger partial charge < -0.3 is 14.8 Å². The van der Waals surface area contributed by atoms with E-state index in [1.807, 2.05) is 13.8 Å². The van der Waals surface area contributed by atoms with Gasteiger partial charge in [0, 0.05) is 24.2 Å². The summed E-state index contributed by atoms with van der Waals surface area (Å²) in [6.07, 6.45) is 0.521. The molecule has 8 heteroatoms. The fourth-order valence-electron chi connectivity index (χ4n) is 2.41. The normalized spacial score (nSPS) is 12.1. The quantitative estimate of drug-likeness (QED) is 0.343. The van der Waals surface area contributed by atoms with E-state index in [0.29, 0.717) is 31.0 Å². The van der Waals surface area contributed by atoms with Crippen molar-refractivity contribution in [1.29, 1.82) is 0 Å². The van der Waals surface area contributed by atoms with E-state index < -0.39 is 11.8 Å². The van der Waals surface area contributed by atoms with Crippen molar-refractivity contribution in [1.82, 2.24) is 5.43 Å². The van der Waals surface area contributed by atoms with Gasteiger partial charge in [-0.15, -0.1) is 0 Å². The monoisotopic (exact) mass is 391 g/mol. The van der Waals surface area contributed by atoms with Crippen LogP contribution in [0.2, 0.25) is 0 Å². The molecule has 2 amide bonds. The Bertz CT molecular complexity index is 686. The zero-order valence-electron chi connectivity index (χ0n) is 16.9. The molecule has 0 fully saturated rings. The van der Waals surface area contributed by atoms with Crippen LogP contribution in [0.3, 0.4) is 0 Å². The predicted octanol–water partition coefficient (Wildman–Crippen LogP) is 2.89. The second-order valence-corrected chi connectivity index (χ2v) is 6.01. The van der Waals surface area contributed by atoms with Crippen LogP contribution in [-0.4, -0.2) is 36.7 Å². The lowest BCUT2D eigenvalue weighted by Gasteiger charge is -2.13. The SMILES string of the molecule is CCOC(=O)C(CC)/C(C)=N\NC(=O)CCC(=O)Nc1ccc(OCC)cc1. The minimum Gasteiger partial charge on any atom is -0.494 e. The summed E-state index contributed by atoms with van der Waals surface area (Å²) in [5.41, 5.74) is 3.47. The zero-order valence-corrected chi connectivity index (χ0v) is 16.9. The average Bonchev–Trinajstić information content (AvgIpc) is 2.67. The van der Waals surface area contributed by atoms with E-state index in [0.717, 1.165) is 5.75 Å². The van der Waals surface area contributed by atoms with Crippen LogP contribution < -0.4 is 15.5 Å². The molecule has 0 aliphatic heterocycles. The molecule has 0 aliphatic rings. The predicted molar refractivity (Wildman–Crippen MR) is 107 cm³/mol. The maximum atomic E-state index is 12.0. The Labute approximate surface area is 165 Å². The molecule has 1 rings (SSSR count). The van der Waals surface area contributed by atoms with E-state index in [9.17, 15) is 14.4 Å². The van der Waals surface area contributed by atoms with Crippen molar-refractivity contribution >= 4 is 29.2 Å². The van der Waals surface area contributed by atoms with Crippen LogP contribution in [0, 0.1) is 5.92 Å². The van der Waals surface area contributed by atoms with E-state index in [2.05, 4.69) is 15.8 Å². The number of carbonyl (C=O) groups is 3. The highest BCUT2D eigenvalue weighted by atomic mass is 16.5. The first kappa shape index (κ1) is 23.1. The molecule has 1 aromatic rings. The van der Waals surface area contributed by atoms with Crippen LogP contribution in [0.1, 0.15) is 47.0 Å². The smallest absolute Gasteiger partial charge is 0.314 e. The molecule has 0 saturated heterocycles. The Morgan fingerprint density at radius 3 is 2.21 bits per heavy atom. The van der Waals surface area contributed by atoms with Crippen LogP contribution in [0.25, 0.3) is 0 Å². The second-order valence-electron chi connectivity index (χ2n) is 6.01. The highest BCUT2D eigenvalue weighted by Gasteiger charge is 2.21. The maximum absolute atomic E-state index is 12.0. The Kier molecular flexibility index (Phi) is 10.3. The molecular weight excluding hydrogens is 362 g/mol. The molecule has 0 aliphatic carbocycles. The number of hydrazone groups is 1. The first-order valence-corrected chi connectivity index (χ1v) is 9.43. The number of rotatable bonds is 11. The lowest BCUT2D eigenvalue weighted by atomic mass is 10.0. The van der Waals surface area contributed by atoms with Crippen molar-refractivity contribution < 1.29 is 23.9 Å². The van der Waals surface area contributed by atoms with Crippen LogP contribution in [0.5, 0.6) is 5.75 Å². The summed E-state index contributed by atoms with van der Waals surface area (Å²) in [6, 6.07) is 6.99. The zero-order chi connectivity index (χ0) is 20.9. The third-order valence-corrected chi connectivity index (χ3v) is 3.87. The molecule has 1 unspecified atom stereocenters. The van der Waals surface area contributed by atoms with Crippen molar-refractivity contribution in [2.75, 3.05) is 18.5 Å². The number of carbonyl (C=O) groups excluding carboxylic acids is 3. The fourth-order valence-corrected chi connectivity index (χ4v) is 2.41. The molecule has 0 radical (unpaired) electrons. The van der Waals surface area contributed by atoms with Crippen LogP contribution in [0.15, 0.2) is 29.4 Å². The number of hydrogen-bond donors (Lipinski definition) is 2. The molecule has 8 nitrogen and oxygen atoms in total. The summed E-state index contributed by atoms with van der Waals surface area (Å²) in [7, 11) is 0. The first-order chi connectivity index (χ1) is 13.4. The molecule has 0 saturated carbocycles. The molecule has 2 N–H and O–H groups in total. The topological polar surface area (TPSA) is 106 Å². The van der Waals surface area contributed by atoms with Gasteiger partial charge in [0.05, 0.1) is 19.1 Å². The standard InChI is InChI=1S/C20H29N3O5/c1-5-17(20(26)28-7-3)14(4)22-23-19(25)13-12-18(24)21-15-8-10-16(11-9-15)27-6-2/h8-11,17H,5-7,12-13H2,1-4H3,(H,21,24)(H,23,25)/b22-14-. The van der Waals surface area contributed by atoms with Gasteiger partial charge in [0.15, 0.2) is 0 Å². The number of anilines is 1. The van der Waals surface area contributed by atoms with Gasteiger partial charge in [0.1, 0.15) is 5.75 Å². The molecule has 1 atom stereocenters. The van der Waals surface area contributed by atoms with Crippen LogP contribution >= 0.6 is 0 Å². The van der Waals surface area contributed by atoms with Crippen molar-refractivity contribution in [2.24, 2.45) is 11.0 Å². The second kappa shape index (κ2) is 12.5. The minimum absolute atomic E-state index is 0.0166. The van der Waals surface area contributed by atoms with Gasteiger partial charge in [-0.25, -0.2) is 5.43 Å². The molecular formula is C20H29N3O5. The molecule has 28 heavy (non-hydrogen) atoms. The van der Waals surface area contributed by atoms with Crippen molar-refractivity contribution in [3.05, 3.63) is 24.3 Å². The van der Waals surface area contributed by atoms with Gasteiger partial charge >= 0.3 is 5.97 Å². The Morgan fingerprint density at radius 1 is 1.00 bits per heavy atom. The summed E-state index contributed by atoms with van der Waals surface area (Å²) in [5.74, 6) is -0.822. The molecule has 0 aromatic heterocycles. The third kappa shape index (κ3) is 8.20. The summed E-state index contributed by atoms with van der Waals surface area (Å²) in [5, 5.41) is 6.67. The number of nitrogens with one attached hydrogen (secondary N) is 2. The first-order valence-electron chi connectivity index (χ1n) is 9.43. The van der Waals surface area contributed by atoms with Gasteiger partial charge in [-0.2, -0.15) is 5.10 Å². The molecule has 0 heterocycles. The number of esters is 1. The van der Waals surface area contributed by atoms with Crippen molar-refractivity contribution in [2.45, 2.75) is 47.0 Å². The van der Waals surface area contributed by atoms with E-state index in [-0.39, 0.29) is 24.7 Å². The van der Waals surface area contributed by atoms with E-state index in [1.54, 1.807) is 38.1 Å². The Morgan fingerprint density at radius 2 is 1.64 bits per heavy atom. The fraction of sp³-hybridized carbons (Fsp3) is 0.500. The van der Waals surface area contributed by atoms with Gasteiger partial charge in [0.2, 0.25) is 11.8 Å². The lowest BCUT2D eigenvalue weighted by Crippen LogP contribution is -2.27. The van der Waals surface area contributed by atoms with Crippen molar-refractivity contribution in [3.8, 4) is 5.75 Å². The number of nitrogens with zero attached hydrogens (tertiary/aromatic N) is 1. The summed E-state index contributed by atoms with van der Waals surface area (Å²) in [4.78, 5) is 35.7. The van der Waals surface area contributed by atoms with E-state index in [1.165, 1.54) is 0 Å². The van der Waals surface area contributed by atoms with Gasteiger partial charge in [-0.1, -0.05) is 6.92 Å². The molecule has 0 spiro atoms. The molecule has 154 valence electrons. The summed E-state index contributed by atoms with van der Waals surface area (Å²) in [6.45, 7) is 7.99. The van der Waals surface area contributed by atoms with Crippen molar-refractivity contribution in [3.63, 3.8) is 0 Å². The van der Waals surface area contributed by atoms with Gasteiger partial charge in [-0.05, 0) is 51.5 Å². The number of amides is 2. The highest BCUT2D eigenvalue weighted by Crippen LogP contribution is 2.16. The largest absolute Gasteiger partial charge is 0.494 e.